The fraction of sp³-hybridized carbons (Fsp3) is 0.800. The van der Waals surface area contributed by atoms with E-state index >= 15 is 0 Å². The second kappa shape index (κ2) is 13.5. The van der Waals surface area contributed by atoms with Crippen LogP contribution in [0.3, 0.4) is 0 Å². The lowest BCUT2D eigenvalue weighted by atomic mass is 9.96. The fourth-order valence-corrected chi connectivity index (χ4v) is 3.73. The van der Waals surface area contributed by atoms with Crippen LogP contribution in [0.5, 0.6) is 0 Å². The summed E-state index contributed by atoms with van der Waals surface area (Å²) < 4.78 is 15.6. The van der Waals surface area contributed by atoms with E-state index < -0.39 is 11.2 Å². The first-order valence-electron chi connectivity index (χ1n) is 11.9. The zero-order valence-corrected chi connectivity index (χ0v) is 21.6. The molecule has 0 aromatic carbocycles. The van der Waals surface area contributed by atoms with Gasteiger partial charge in [-0.15, -0.1) is 0 Å². The molecule has 2 atom stereocenters. The molecule has 0 aliphatic carbocycles. The molecule has 2 amide bonds. The van der Waals surface area contributed by atoms with Gasteiger partial charge in [0.1, 0.15) is 17.5 Å². The normalized spacial score (nSPS) is 21.7. The Morgan fingerprint density at radius 2 is 1.39 bits per heavy atom. The van der Waals surface area contributed by atoms with Crippen LogP contribution in [0, 0.1) is 11.8 Å². The minimum Gasteiger partial charge on any atom is -0.505 e. The molecule has 2 aliphatic heterocycles. The van der Waals surface area contributed by atoms with Gasteiger partial charge >= 0.3 is 12.2 Å². The molecule has 33 heavy (non-hydrogen) atoms. The van der Waals surface area contributed by atoms with Crippen LogP contribution in [0.2, 0.25) is 0 Å². The van der Waals surface area contributed by atoms with Crippen LogP contribution in [-0.4, -0.2) is 72.8 Å². The lowest BCUT2D eigenvalue weighted by Crippen LogP contribution is -2.42. The maximum Gasteiger partial charge on any atom is 0.410 e. The van der Waals surface area contributed by atoms with Gasteiger partial charge in [0.05, 0.1) is 13.4 Å². The Morgan fingerprint density at radius 1 is 0.879 bits per heavy atom. The highest BCUT2D eigenvalue weighted by atomic mass is 16.6. The van der Waals surface area contributed by atoms with Crippen molar-refractivity contribution in [3.8, 4) is 0 Å². The summed E-state index contributed by atoms with van der Waals surface area (Å²) in [6.07, 6.45) is 8.78. The molecule has 0 saturated carbocycles. The van der Waals surface area contributed by atoms with Crippen LogP contribution in [0.25, 0.3) is 0 Å². The average Bonchev–Trinajstić information content (AvgIpc) is 2.71. The number of rotatable bonds is 4. The summed E-state index contributed by atoms with van der Waals surface area (Å²) >= 11 is 0. The van der Waals surface area contributed by atoms with Crippen molar-refractivity contribution < 1.29 is 28.6 Å². The highest BCUT2D eigenvalue weighted by Crippen LogP contribution is 2.21. The number of hydrogen-bond acceptors (Lipinski definition) is 6. The van der Waals surface area contributed by atoms with Crippen molar-refractivity contribution in [3.05, 3.63) is 12.3 Å². The Hall–Kier alpha value is -2.25. The van der Waals surface area contributed by atoms with E-state index in [2.05, 4.69) is 0 Å². The Morgan fingerprint density at radius 3 is 1.88 bits per heavy atom. The third-order valence-corrected chi connectivity index (χ3v) is 5.20. The molecule has 2 heterocycles. The van der Waals surface area contributed by atoms with Crippen LogP contribution in [0.4, 0.5) is 9.59 Å². The molecule has 0 aromatic heterocycles. The maximum absolute atomic E-state index is 11.9. The van der Waals surface area contributed by atoms with Crippen molar-refractivity contribution >= 4 is 18.5 Å². The number of aldehydes is 1. The number of nitrogens with zero attached hydrogens (tertiary/aromatic N) is 2. The van der Waals surface area contributed by atoms with Crippen LogP contribution in [0.15, 0.2) is 12.3 Å². The third kappa shape index (κ3) is 12.5. The zero-order valence-electron chi connectivity index (χ0n) is 21.6. The first-order chi connectivity index (χ1) is 15.3. The SMILES string of the molecule is CC(C)(C)OC(=O)N1CCCC(CC=O)C1.CO/C=C/C1CCCN(C(=O)OC(C)(C)C)C1. The van der Waals surface area contributed by atoms with E-state index in [1.165, 1.54) is 0 Å². The number of likely N-dealkylation sites (tertiary alicyclic amines) is 2. The lowest BCUT2D eigenvalue weighted by molar-refractivity contribution is -0.109. The van der Waals surface area contributed by atoms with Crippen molar-refractivity contribution in [3.63, 3.8) is 0 Å². The first-order valence-corrected chi connectivity index (χ1v) is 11.9. The molecule has 0 spiro atoms. The smallest absolute Gasteiger partial charge is 0.410 e. The standard InChI is InChI=1S/C13H23NO3.C12H21NO3/c1-13(2,3)17-12(15)14-8-5-6-11(10-14)7-9-16-4;1-12(2,3)16-11(15)13-7-4-5-10(9-13)6-8-14/h7,9,11H,5-6,8,10H2,1-4H3;8,10H,4-7,9H2,1-3H3/b9-7+;. The van der Waals surface area contributed by atoms with E-state index in [9.17, 15) is 14.4 Å². The summed E-state index contributed by atoms with van der Waals surface area (Å²) in [5.74, 6) is 0.676. The number of methoxy groups -OCH3 is 1. The second-order valence-corrected chi connectivity index (χ2v) is 10.7. The summed E-state index contributed by atoms with van der Waals surface area (Å²) in [6, 6.07) is 0. The molecule has 8 nitrogen and oxygen atoms in total. The van der Waals surface area contributed by atoms with Crippen molar-refractivity contribution in [2.24, 2.45) is 11.8 Å². The number of amides is 2. The molecule has 190 valence electrons. The average molecular weight is 469 g/mol. The monoisotopic (exact) mass is 468 g/mol. The van der Waals surface area contributed by atoms with Crippen molar-refractivity contribution in [2.75, 3.05) is 33.3 Å². The third-order valence-electron chi connectivity index (χ3n) is 5.20. The number of piperidine rings is 2. The van der Waals surface area contributed by atoms with Gasteiger partial charge in [-0.1, -0.05) is 0 Å². The molecular weight excluding hydrogens is 424 g/mol. The quantitative estimate of drug-likeness (QED) is 0.426. The Labute approximate surface area is 199 Å². The molecule has 2 saturated heterocycles. The minimum atomic E-state index is -0.450. The van der Waals surface area contributed by atoms with Gasteiger partial charge in [-0.05, 0) is 85.1 Å². The Bertz CT molecular complexity index is 650. The summed E-state index contributed by atoms with van der Waals surface area (Å²) in [7, 11) is 1.63. The first kappa shape index (κ1) is 28.8. The molecule has 0 radical (unpaired) electrons. The molecule has 2 aliphatic rings. The predicted octanol–water partition coefficient (Wildman–Crippen LogP) is 5.02. The van der Waals surface area contributed by atoms with Gasteiger partial charge in [-0.3, -0.25) is 0 Å². The van der Waals surface area contributed by atoms with Gasteiger partial charge in [0.25, 0.3) is 0 Å². The van der Waals surface area contributed by atoms with Crippen LogP contribution < -0.4 is 0 Å². The zero-order chi connectivity index (χ0) is 25.1. The van der Waals surface area contributed by atoms with Crippen molar-refractivity contribution in [1.82, 2.24) is 9.80 Å². The van der Waals surface area contributed by atoms with E-state index in [1.54, 1.807) is 23.2 Å². The van der Waals surface area contributed by atoms with Crippen molar-refractivity contribution in [2.45, 2.75) is 84.8 Å². The molecule has 2 unspecified atom stereocenters. The van der Waals surface area contributed by atoms with Crippen molar-refractivity contribution in [1.29, 1.82) is 0 Å². The van der Waals surface area contributed by atoms with E-state index in [1.807, 2.05) is 47.6 Å². The Balaban J connectivity index is 0.000000331. The second-order valence-electron chi connectivity index (χ2n) is 10.7. The fourth-order valence-electron chi connectivity index (χ4n) is 3.73. The molecule has 0 bridgehead atoms. The van der Waals surface area contributed by atoms with Gasteiger partial charge in [0.2, 0.25) is 0 Å². The van der Waals surface area contributed by atoms with Crippen LogP contribution in [0.1, 0.15) is 73.6 Å². The summed E-state index contributed by atoms with van der Waals surface area (Å²) in [5.41, 5.74) is -0.874. The van der Waals surface area contributed by atoms with Gasteiger partial charge in [-0.2, -0.15) is 0 Å². The largest absolute Gasteiger partial charge is 0.505 e. The number of carbonyl (C=O) groups excluding carboxylic acids is 3. The van der Waals surface area contributed by atoms with E-state index in [4.69, 9.17) is 14.2 Å². The van der Waals surface area contributed by atoms with E-state index in [0.717, 1.165) is 51.6 Å². The minimum absolute atomic E-state index is 0.215. The molecule has 0 aromatic rings. The van der Waals surface area contributed by atoms with Gasteiger partial charge < -0.3 is 28.8 Å². The topological polar surface area (TPSA) is 85.4 Å². The molecule has 2 fully saturated rings. The molecule has 2 rings (SSSR count). The Kier molecular flexibility index (Phi) is 11.7. The van der Waals surface area contributed by atoms with E-state index in [0.29, 0.717) is 24.8 Å². The van der Waals surface area contributed by atoms with E-state index in [-0.39, 0.29) is 12.2 Å². The highest BCUT2D eigenvalue weighted by Gasteiger charge is 2.28. The molecule has 8 heteroatoms. The highest BCUT2D eigenvalue weighted by molar-refractivity contribution is 5.68. The number of ether oxygens (including phenoxy) is 3. The summed E-state index contributed by atoms with van der Waals surface area (Å²) in [5, 5.41) is 0. The van der Waals surface area contributed by atoms with Gasteiger partial charge in [0.15, 0.2) is 0 Å². The number of carbonyl (C=O) groups is 3. The van der Waals surface area contributed by atoms with Gasteiger partial charge in [0, 0.05) is 32.6 Å². The number of hydrogen-bond donors (Lipinski definition) is 0. The van der Waals surface area contributed by atoms with Gasteiger partial charge in [-0.25, -0.2) is 9.59 Å². The summed E-state index contributed by atoms with van der Waals surface area (Å²) in [4.78, 5) is 37.6. The van der Waals surface area contributed by atoms with Crippen LogP contribution in [-0.2, 0) is 19.0 Å². The lowest BCUT2D eigenvalue weighted by Gasteiger charge is -2.33. The molecular formula is C25H44N2O6. The summed E-state index contributed by atoms with van der Waals surface area (Å²) in [6.45, 7) is 14.1. The molecule has 0 N–H and O–H groups in total. The van der Waals surface area contributed by atoms with Crippen LogP contribution >= 0.6 is 0 Å². The maximum atomic E-state index is 11.9. The predicted molar refractivity (Wildman–Crippen MR) is 128 cm³/mol.